The summed E-state index contributed by atoms with van der Waals surface area (Å²) in [6.07, 6.45) is 0. The molecular formula is C40H27NS. The Bertz CT molecular complexity index is 2170. The molecule has 0 aliphatic rings. The molecule has 1 heterocycles. The second-order valence-corrected chi connectivity index (χ2v) is 11.7. The SMILES string of the molecule is c1ccc(-c2ccc(N(c3ccccc3)c3cc4sc5ccccc5c4cc3-c3cccc4ccccc34)cc2)cc1. The number of nitrogens with zero attached hydrogens (tertiary/aromatic N) is 1. The third-order valence-electron chi connectivity index (χ3n) is 8.06. The molecule has 0 aliphatic heterocycles. The Morgan fingerprint density at radius 3 is 1.81 bits per heavy atom. The lowest BCUT2D eigenvalue weighted by Crippen LogP contribution is -2.11. The molecule has 8 aromatic rings. The summed E-state index contributed by atoms with van der Waals surface area (Å²) in [7, 11) is 0. The second-order valence-electron chi connectivity index (χ2n) is 10.6. The first kappa shape index (κ1) is 24.6. The van der Waals surface area contributed by atoms with Crippen LogP contribution in [0.3, 0.4) is 0 Å². The summed E-state index contributed by atoms with van der Waals surface area (Å²) in [5, 5.41) is 5.11. The number of benzene rings is 7. The van der Waals surface area contributed by atoms with Gasteiger partial charge < -0.3 is 4.90 Å². The number of para-hydroxylation sites is 1. The van der Waals surface area contributed by atoms with Crippen LogP contribution in [-0.2, 0) is 0 Å². The van der Waals surface area contributed by atoms with Crippen molar-refractivity contribution in [1.29, 1.82) is 0 Å². The molecule has 0 bridgehead atoms. The van der Waals surface area contributed by atoms with Crippen LogP contribution in [0.1, 0.15) is 0 Å². The minimum Gasteiger partial charge on any atom is -0.310 e. The van der Waals surface area contributed by atoms with Crippen LogP contribution < -0.4 is 4.90 Å². The molecule has 8 rings (SSSR count). The smallest absolute Gasteiger partial charge is 0.0554 e. The Labute approximate surface area is 249 Å². The van der Waals surface area contributed by atoms with Gasteiger partial charge in [-0.3, -0.25) is 0 Å². The summed E-state index contributed by atoms with van der Waals surface area (Å²) in [5.74, 6) is 0. The first-order valence-electron chi connectivity index (χ1n) is 14.3. The summed E-state index contributed by atoms with van der Waals surface area (Å²) in [5.41, 5.74) is 8.32. The predicted octanol–water partition coefficient (Wildman–Crippen LogP) is 12.0. The van der Waals surface area contributed by atoms with Crippen LogP contribution in [0.25, 0.3) is 53.2 Å². The number of thiophene rings is 1. The number of rotatable bonds is 5. The third-order valence-corrected chi connectivity index (χ3v) is 9.20. The topological polar surface area (TPSA) is 3.24 Å². The minimum atomic E-state index is 1.13. The molecule has 0 saturated carbocycles. The first-order valence-corrected chi connectivity index (χ1v) is 15.1. The van der Waals surface area contributed by atoms with Gasteiger partial charge in [0.2, 0.25) is 0 Å². The van der Waals surface area contributed by atoms with Crippen molar-refractivity contribution in [3.05, 3.63) is 164 Å². The van der Waals surface area contributed by atoms with E-state index in [2.05, 4.69) is 169 Å². The average Bonchev–Trinajstić information content (AvgIpc) is 3.43. The Kier molecular flexibility index (Phi) is 6.05. The molecule has 0 saturated heterocycles. The highest BCUT2D eigenvalue weighted by atomic mass is 32.1. The van der Waals surface area contributed by atoms with Crippen molar-refractivity contribution in [3.63, 3.8) is 0 Å². The number of hydrogen-bond acceptors (Lipinski definition) is 2. The molecule has 198 valence electrons. The number of hydrogen-bond donors (Lipinski definition) is 0. The van der Waals surface area contributed by atoms with E-state index in [1.54, 1.807) is 0 Å². The lowest BCUT2D eigenvalue weighted by molar-refractivity contribution is 1.29. The standard InChI is InChI=1S/C40H27NS/c1-3-12-28(13-4-1)29-22-24-32(25-23-29)41(31-16-5-2-6-17-31)38-27-40-37(35-19-9-10-21-39(35)42-40)26-36(38)34-20-11-15-30-14-7-8-18-33(30)34/h1-27H. The molecule has 0 unspecified atom stereocenters. The van der Waals surface area contributed by atoms with Gasteiger partial charge in [-0.2, -0.15) is 0 Å². The summed E-state index contributed by atoms with van der Waals surface area (Å²) < 4.78 is 2.60. The van der Waals surface area contributed by atoms with E-state index in [0.717, 1.165) is 11.4 Å². The van der Waals surface area contributed by atoms with Gasteiger partial charge in [0.25, 0.3) is 0 Å². The molecule has 7 aromatic carbocycles. The van der Waals surface area contributed by atoms with Gasteiger partial charge in [-0.05, 0) is 69.9 Å². The van der Waals surface area contributed by atoms with Crippen molar-refractivity contribution >= 4 is 59.3 Å². The van der Waals surface area contributed by atoms with Crippen LogP contribution in [0.2, 0.25) is 0 Å². The molecule has 0 atom stereocenters. The van der Waals surface area contributed by atoms with Crippen molar-refractivity contribution < 1.29 is 0 Å². The van der Waals surface area contributed by atoms with Crippen molar-refractivity contribution in [1.82, 2.24) is 0 Å². The van der Waals surface area contributed by atoms with Crippen molar-refractivity contribution in [2.45, 2.75) is 0 Å². The largest absolute Gasteiger partial charge is 0.310 e. The van der Waals surface area contributed by atoms with E-state index in [0.29, 0.717) is 0 Å². The quantitative estimate of drug-likeness (QED) is 0.205. The van der Waals surface area contributed by atoms with Crippen LogP contribution in [0.5, 0.6) is 0 Å². The normalized spacial score (nSPS) is 11.3. The van der Waals surface area contributed by atoms with Gasteiger partial charge in [0, 0.05) is 37.1 Å². The minimum absolute atomic E-state index is 1.13. The van der Waals surface area contributed by atoms with Crippen molar-refractivity contribution in [3.8, 4) is 22.3 Å². The lowest BCUT2D eigenvalue weighted by Gasteiger charge is -2.28. The maximum Gasteiger partial charge on any atom is 0.0554 e. The maximum atomic E-state index is 2.42. The highest BCUT2D eigenvalue weighted by molar-refractivity contribution is 7.25. The van der Waals surface area contributed by atoms with E-state index < -0.39 is 0 Å². The highest BCUT2D eigenvalue weighted by Gasteiger charge is 2.21. The number of anilines is 3. The van der Waals surface area contributed by atoms with E-state index >= 15 is 0 Å². The molecule has 1 aromatic heterocycles. The molecule has 2 heteroatoms. The average molecular weight is 554 g/mol. The zero-order valence-electron chi connectivity index (χ0n) is 22.9. The highest BCUT2D eigenvalue weighted by Crippen LogP contribution is 2.47. The third kappa shape index (κ3) is 4.25. The lowest BCUT2D eigenvalue weighted by atomic mass is 9.94. The fraction of sp³-hybridized carbons (Fsp3) is 0. The summed E-state index contributed by atoms with van der Waals surface area (Å²) in [6.45, 7) is 0. The van der Waals surface area contributed by atoms with Crippen LogP contribution in [0.15, 0.2) is 164 Å². The van der Waals surface area contributed by atoms with Gasteiger partial charge in [0.05, 0.1) is 5.69 Å². The van der Waals surface area contributed by atoms with Crippen LogP contribution in [-0.4, -0.2) is 0 Å². The molecular weight excluding hydrogens is 527 g/mol. The van der Waals surface area contributed by atoms with E-state index in [9.17, 15) is 0 Å². The predicted molar refractivity (Wildman–Crippen MR) is 182 cm³/mol. The molecule has 42 heavy (non-hydrogen) atoms. The summed E-state index contributed by atoms with van der Waals surface area (Å²) in [4.78, 5) is 2.41. The Hall–Kier alpha value is -5.18. The van der Waals surface area contributed by atoms with Gasteiger partial charge in [0.1, 0.15) is 0 Å². The summed E-state index contributed by atoms with van der Waals surface area (Å²) >= 11 is 1.86. The van der Waals surface area contributed by atoms with Crippen LogP contribution in [0, 0.1) is 0 Å². The Balaban J connectivity index is 1.42. The fourth-order valence-electron chi connectivity index (χ4n) is 6.06. The van der Waals surface area contributed by atoms with Gasteiger partial charge in [-0.25, -0.2) is 0 Å². The zero-order valence-corrected chi connectivity index (χ0v) is 23.8. The summed E-state index contributed by atoms with van der Waals surface area (Å²) in [6, 6.07) is 59.2. The van der Waals surface area contributed by atoms with Crippen molar-refractivity contribution in [2.24, 2.45) is 0 Å². The molecule has 0 aliphatic carbocycles. The molecule has 1 nitrogen and oxygen atoms in total. The molecule has 0 fully saturated rings. The van der Waals surface area contributed by atoms with Gasteiger partial charge in [0.15, 0.2) is 0 Å². The van der Waals surface area contributed by atoms with Gasteiger partial charge in [-0.15, -0.1) is 11.3 Å². The molecule has 0 radical (unpaired) electrons. The zero-order chi connectivity index (χ0) is 27.9. The Morgan fingerprint density at radius 1 is 0.381 bits per heavy atom. The van der Waals surface area contributed by atoms with E-state index in [-0.39, 0.29) is 0 Å². The maximum absolute atomic E-state index is 2.42. The van der Waals surface area contributed by atoms with Crippen LogP contribution >= 0.6 is 11.3 Å². The van der Waals surface area contributed by atoms with E-state index in [1.165, 1.54) is 58.9 Å². The van der Waals surface area contributed by atoms with Gasteiger partial charge >= 0.3 is 0 Å². The molecule has 0 spiro atoms. The second kappa shape index (κ2) is 10.3. The Morgan fingerprint density at radius 2 is 1.00 bits per heavy atom. The van der Waals surface area contributed by atoms with E-state index in [1.807, 2.05) is 11.3 Å². The van der Waals surface area contributed by atoms with Crippen molar-refractivity contribution in [2.75, 3.05) is 4.90 Å². The molecule has 0 N–H and O–H groups in total. The monoisotopic (exact) mass is 553 g/mol. The fourth-order valence-corrected chi connectivity index (χ4v) is 7.18. The first-order chi connectivity index (χ1) is 20.8. The van der Waals surface area contributed by atoms with E-state index in [4.69, 9.17) is 0 Å². The molecule has 0 amide bonds. The number of fused-ring (bicyclic) bond motifs is 4. The van der Waals surface area contributed by atoms with Gasteiger partial charge in [-0.1, -0.05) is 121 Å². The van der Waals surface area contributed by atoms with Crippen LogP contribution in [0.4, 0.5) is 17.1 Å².